The molecule has 1 heterocycles. The van der Waals surface area contributed by atoms with Gasteiger partial charge in [-0.3, -0.25) is 0 Å². The summed E-state index contributed by atoms with van der Waals surface area (Å²) >= 11 is 0. The second kappa shape index (κ2) is 3.98. The van der Waals surface area contributed by atoms with Gasteiger partial charge in [-0.25, -0.2) is 0 Å². The fourth-order valence-corrected chi connectivity index (χ4v) is 1.93. The number of nitrogens with one attached hydrogen (secondary N) is 1. The summed E-state index contributed by atoms with van der Waals surface area (Å²) in [5, 5.41) is 7.03. The SMILES string of the molecule is Cc1noc(NC2CCC(C)CC2)n1. The Hall–Kier alpha value is -1.06. The van der Waals surface area contributed by atoms with Gasteiger partial charge in [0.25, 0.3) is 0 Å². The van der Waals surface area contributed by atoms with E-state index < -0.39 is 0 Å². The molecular weight excluding hydrogens is 178 g/mol. The first-order valence-electron chi connectivity index (χ1n) is 5.31. The van der Waals surface area contributed by atoms with Crippen LogP contribution >= 0.6 is 0 Å². The maximum Gasteiger partial charge on any atom is 0.321 e. The molecule has 1 aromatic heterocycles. The van der Waals surface area contributed by atoms with Gasteiger partial charge in [-0.2, -0.15) is 4.98 Å². The van der Waals surface area contributed by atoms with Crippen LogP contribution in [-0.2, 0) is 0 Å². The number of rotatable bonds is 2. The molecule has 0 amide bonds. The first-order valence-corrected chi connectivity index (χ1v) is 5.31. The summed E-state index contributed by atoms with van der Waals surface area (Å²) in [5.74, 6) is 1.56. The zero-order valence-electron chi connectivity index (χ0n) is 8.79. The molecule has 0 unspecified atom stereocenters. The van der Waals surface area contributed by atoms with Crippen LogP contribution in [-0.4, -0.2) is 16.2 Å². The highest BCUT2D eigenvalue weighted by molar-refractivity contribution is 5.20. The van der Waals surface area contributed by atoms with Crippen LogP contribution in [0.3, 0.4) is 0 Å². The van der Waals surface area contributed by atoms with Crippen LogP contribution in [0.5, 0.6) is 0 Å². The molecule has 4 heteroatoms. The quantitative estimate of drug-likeness (QED) is 0.787. The van der Waals surface area contributed by atoms with Crippen molar-refractivity contribution in [3.05, 3.63) is 5.82 Å². The van der Waals surface area contributed by atoms with E-state index in [1.165, 1.54) is 25.7 Å². The third kappa shape index (κ3) is 2.25. The third-order valence-corrected chi connectivity index (χ3v) is 2.87. The van der Waals surface area contributed by atoms with Gasteiger partial charge in [0.2, 0.25) is 0 Å². The molecule has 0 aromatic carbocycles. The summed E-state index contributed by atoms with van der Waals surface area (Å²) in [6.07, 6.45) is 5.01. The molecule has 1 aromatic rings. The Kier molecular flexibility index (Phi) is 2.70. The van der Waals surface area contributed by atoms with E-state index in [9.17, 15) is 0 Å². The average molecular weight is 195 g/mol. The second-order valence-corrected chi connectivity index (χ2v) is 4.25. The smallest absolute Gasteiger partial charge is 0.321 e. The first kappa shape index (κ1) is 9.49. The van der Waals surface area contributed by atoms with Crippen LogP contribution in [0.15, 0.2) is 4.52 Å². The van der Waals surface area contributed by atoms with Crippen molar-refractivity contribution in [3.63, 3.8) is 0 Å². The minimum absolute atomic E-state index is 0.519. The van der Waals surface area contributed by atoms with E-state index in [0.717, 1.165) is 5.92 Å². The zero-order chi connectivity index (χ0) is 9.97. The summed E-state index contributed by atoms with van der Waals surface area (Å²) in [5.41, 5.74) is 0. The van der Waals surface area contributed by atoms with Gasteiger partial charge in [-0.15, -0.1) is 0 Å². The molecule has 0 spiro atoms. The summed E-state index contributed by atoms with van der Waals surface area (Å²) < 4.78 is 5.02. The monoisotopic (exact) mass is 195 g/mol. The molecular formula is C10H17N3O. The van der Waals surface area contributed by atoms with Crippen molar-refractivity contribution >= 4 is 6.01 Å². The minimum Gasteiger partial charge on any atom is -0.335 e. The Labute approximate surface area is 84.1 Å². The Morgan fingerprint density at radius 1 is 1.29 bits per heavy atom. The van der Waals surface area contributed by atoms with E-state index in [1.807, 2.05) is 6.92 Å². The first-order chi connectivity index (χ1) is 6.74. The zero-order valence-corrected chi connectivity index (χ0v) is 8.79. The number of aromatic nitrogens is 2. The van der Waals surface area contributed by atoms with Gasteiger partial charge in [0, 0.05) is 6.04 Å². The van der Waals surface area contributed by atoms with Crippen molar-refractivity contribution in [2.45, 2.75) is 45.6 Å². The molecule has 1 aliphatic carbocycles. The summed E-state index contributed by atoms with van der Waals surface area (Å²) in [4.78, 5) is 4.13. The van der Waals surface area contributed by atoms with Crippen molar-refractivity contribution < 1.29 is 4.52 Å². The highest BCUT2D eigenvalue weighted by Gasteiger charge is 2.19. The highest BCUT2D eigenvalue weighted by Crippen LogP contribution is 2.25. The molecule has 1 N–H and O–H groups in total. The fraction of sp³-hybridized carbons (Fsp3) is 0.800. The maximum atomic E-state index is 5.02. The fourth-order valence-electron chi connectivity index (χ4n) is 1.93. The Morgan fingerprint density at radius 3 is 2.57 bits per heavy atom. The molecule has 2 rings (SSSR count). The number of hydrogen-bond acceptors (Lipinski definition) is 4. The molecule has 1 aliphatic rings. The van der Waals surface area contributed by atoms with E-state index in [-0.39, 0.29) is 0 Å². The van der Waals surface area contributed by atoms with Crippen LogP contribution < -0.4 is 5.32 Å². The lowest BCUT2D eigenvalue weighted by atomic mass is 9.87. The Bertz CT molecular complexity index is 289. The number of anilines is 1. The Morgan fingerprint density at radius 2 is 2.00 bits per heavy atom. The molecule has 1 fully saturated rings. The standard InChI is InChI=1S/C10H17N3O/c1-7-3-5-9(6-4-7)12-10-11-8(2)13-14-10/h7,9H,3-6H2,1-2H3,(H,11,12,13). The van der Waals surface area contributed by atoms with Crippen LogP contribution in [0.25, 0.3) is 0 Å². The van der Waals surface area contributed by atoms with Crippen molar-refractivity contribution in [1.82, 2.24) is 10.1 Å². The second-order valence-electron chi connectivity index (χ2n) is 4.25. The van der Waals surface area contributed by atoms with E-state index in [1.54, 1.807) is 0 Å². The van der Waals surface area contributed by atoms with Crippen LogP contribution in [0.2, 0.25) is 0 Å². The summed E-state index contributed by atoms with van der Waals surface area (Å²) in [6.45, 7) is 4.14. The van der Waals surface area contributed by atoms with E-state index in [0.29, 0.717) is 17.9 Å². The maximum absolute atomic E-state index is 5.02. The molecule has 0 aliphatic heterocycles. The number of hydrogen-bond donors (Lipinski definition) is 1. The molecule has 14 heavy (non-hydrogen) atoms. The molecule has 0 atom stereocenters. The lowest BCUT2D eigenvalue weighted by Gasteiger charge is -2.25. The average Bonchev–Trinajstić information content (AvgIpc) is 2.56. The predicted octanol–water partition coefficient (Wildman–Crippen LogP) is 2.37. The third-order valence-electron chi connectivity index (χ3n) is 2.87. The summed E-state index contributed by atoms with van der Waals surface area (Å²) in [7, 11) is 0. The van der Waals surface area contributed by atoms with E-state index >= 15 is 0 Å². The van der Waals surface area contributed by atoms with E-state index in [4.69, 9.17) is 4.52 Å². The van der Waals surface area contributed by atoms with E-state index in [2.05, 4.69) is 22.4 Å². The number of nitrogens with zero attached hydrogens (tertiary/aromatic N) is 2. The van der Waals surface area contributed by atoms with Gasteiger partial charge in [0.1, 0.15) is 0 Å². The molecule has 0 radical (unpaired) electrons. The molecule has 0 saturated heterocycles. The van der Waals surface area contributed by atoms with Gasteiger partial charge in [-0.05, 0) is 38.5 Å². The minimum atomic E-state index is 0.519. The largest absolute Gasteiger partial charge is 0.335 e. The molecule has 0 bridgehead atoms. The van der Waals surface area contributed by atoms with Crippen LogP contribution in [0.1, 0.15) is 38.4 Å². The van der Waals surface area contributed by atoms with Crippen molar-refractivity contribution in [2.75, 3.05) is 5.32 Å². The lowest BCUT2D eigenvalue weighted by molar-refractivity contribution is 0.350. The van der Waals surface area contributed by atoms with Crippen LogP contribution in [0, 0.1) is 12.8 Å². The number of aryl methyl sites for hydroxylation is 1. The molecule has 78 valence electrons. The van der Waals surface area contributed by atoms with Crippen molar-refractivity contribution in [3.8, 4) is 0 Å². The van der Waals surface area contributed by atoms with Crippen molar-refractivity contribution in [1.29, 1.82) is 0 Å². The van der Waals surface area contributed by atoms with Crippen molar-refractivity contribution in [2.24, 2.45) is 5.92 Å². The van der Waals surface area contributed by atoms with Gasteiger partial charge < -0.3 is 9.84 Å². The molecule has 1 saturated carbocycles. The Balaban J connectivity index is 1.86. The highest BCUT2D eigenvalue weighted by atomic mass is 16.5. The van der Waals surface area contributed by atoms with Gasteiger partial charge >= 0.3 is 6.01 Å². The van der Waals surface area contributed by atoms with Gasteiger partial charge in [0.05, 0.1) is 0 Å². The normalized spacial score (nSPS) is 27.6. The lowest BCUT2D eigenvalue weighted by Crippen LogP contribution is -2.25. The van der Waals surface area contributed by atoms with Crippen LogP contribution in [0.4, 0.5) is 6.01 Å². The molecule has 4 nitrogen and oxygen atoms in total. The van der Waals surface area contributed by atoms with Gasteiger partial charge in [0.15, 0.2) is 5.82 Å². The predicted molar refractivity (Wildman–Crippen MR) is 54.1 cm³/mol. The van der Waals surface area contributed by atoms with Gasteiger partial charge in [-0.1, -0.05) is 12.1 Å². The summed E-state index contributed by atoms with van der Waals surface area (Å²) in [6, 6.07) is 1.09. The topological polar surface area (TPSA) is 51.0 Å².